The van der Waals surface area contributed by atoms with Crippen LogP contribution >= 0.6 is 0 Å². The molecule has 0 aromatic rings. The molecule has 0 saturated carbocycles. The zero-order valence-corrected chi connectivity index (χ0v) is 10.2. The molecule has 2 unspecified atom stereocenters. The van der Waals surface area contributed by atoms with Gasteiger partial charge in [-0.05, 0) is 27.4 Å². The van der Waals surface area contributed by atoms with Crippen molar-refractivity contribution in [3.05, 3.63) is 12.2 Å². The third-order valence-corrected chi connectivity index (χ3v) is 2.04. The summed E-state index contributed by atoms with van der Waals surface area (Å²) in [5.74, 6) is -0.494. The Balaban J connectivity index is 4.64. The highest BCUT2D eigenvalue weighted by atomic mass is 16.6. The van der Waals surface area contributed by atoms with Crippen LogP contribution in [-0.2, 0) is 19.1 Å². The molecule has 0 amide bonds. The summed E-state index contributed by atoms with van der Waals surface area (Å²) < 4.78 is 10.0. The summed E-state index contributed by atoms with van der Waals surface area (Å²) >= 11 is 0. The van der Waals surface area contributed by atoms with Crippen LogP contribution in [0, 0.1) is 0 Å². The highest BCUT2D eigenvalue weighted by Crippen LogP contribution is 2.11. The fraction of sp³-hybridized carbons (Fsp3) is 0.636. The molecule has 0 bridgehead atoms. The lowest BCUT2D eigenvalue weighted by molar-refractivity contribution is -0.172. The van der Waals surface area contributed by atoms with Crippen molar-refractivity contribution < 1.29 is 19.1 Å². The van der Waals surface area contributed by atoms with Crippen LogP contribution in [0.25, 0.3) is 0 Å². The van der Waals surface area contributed by atoms with E-state index in [1.807, 2.05) is 6.92 Å². The van der Waals surface area contributed by atoms with Crippen LogP contribution in [0.3, 0.4) is 0 Å². The summed E-state index contributed by atoms with van der Waals surface area (Å²) in [6.07, 6.45) is -0.513. The Bertz CT molecular complexity index is 263. The second-order valence-corrected chi connectivity index (χ2v) is 3.72. The highest BCUT2D eigenvalue weighted by molar-refractivity contribution is 5.87. The van der Waals surface area contributed by atoms with Crippen LogP contribution in [0.15, 0.2) is 12.2 Å². The second kappa shape index (κ2) is 7.00. The molecule has 0 N–H and O–H groups in total. The molecule has 0 aliphatic carbocycles. The summed E-state index contributed by atoms with van der Waals surface area (Å²) in [6.45, 7) is 7.27. The minimum absolute atomic E-state index is 0.313. The summed E-state index contributed by atoms with van der Waals surface area (Å²) in [6, 6.07) is 0. The van der Waals surface area contributed by atoms with E-state index in [9.17, 15) is 9.59 Å². The van der Waals surface area contributed by atoms with Crippen molar-refractivity contribution in [1.82, 2.24) is 4.90 Å². The normalized spacial score (nSPS) is 14.1. The van der Waals surface area contributed by atoms with Crippen molar-refractivity contribution in [3.63, 3.8) is 0 Å². The maximum atomic E-state index is 11.4. The van der Waals surface area contributed by atoms with Gasteiger partial charge >= 0.3 is 5.97 Å². The van der Waals surface area contributed by atoms with Gasteiger partial charge in [-0.2, -0.15) is 0 Å². The molecule has 0 aromatic heterocycles. The Morgan fingerprint density at radius 2 is 2.06 bits per heavy atom. The van der Waals surface area contributed by atoms with Gasteiger partial charge in [0.25, 0.3) is 6.47 Å². The number of nitrogens with zero attached hydrogens (tertiary/aromatic N) is 1. The van der Waals surface area contributed by atoms with Gasteiger partial charge in [0.15, 0.2) is 12.3 Å². The Kier molecular flexibility index (Phi) is 6.41. The fourth-order valence-electron chi connectivity index (χ4n) is 1.16. The van der Waals surface area contributed by atoms with E-state index in [2.05, 4.69) is 6.58 Å². The van der Waals surface area contributed by atoms with Gasteiger partial charge in [-0.3, -0.25) is 9.69 Å². The second-order valence-electron chi connectivity index (χ2n) is 3.72. The van der Waals surface area contributed by atoms with Crippen LogP contribution in [0.2, 0.25) is 0 Å². The van der Waals surface area contributed by atoms with Gasteiger partial charge in [0, 0.05) is 5.57 Å². The van der Waals surface area contributed by atoms with Gasteiger partial charge < -0.3 is 9.47 Å². The van der Waals surface area contributed by atoms with Crippen LogP contribution in [0.4, 0.5) is 0 Å². The number of hydrogen-bond donors (Lipinski definition) is 0. The maximum absolute atomic E-state index is 11.4. The van der Waals surface area contributed by atoms with Gasteiger partial charge in [0.05, 0.1) is 0 Å². The quantitative estimate of drug-likeness (QED) is 0.281. The van der Waals surface area contributed by atoms with Crippen LogP contribution in [0.5, 0.6) is 0 Å². The van der Waals surface area contributed by atoms with Crippen molar-refractivity contribution in [2.45, 2.75) is 32.6 Å². The van der Waals surface area contributed by atoms with Crippen molar-refractivity contribution in [1.29, 1.82) is 0 Å². The fourth-order valence-corrected chi connectivity index (χ4v) is 1.16. The molecular weight excluding hydrogens is 210 g/mol. The summed E-state index contributed by atoms with van der Waals surface area (Å²) in [5, 5.41) is 0. The van der Waals surface area contributed by atoms with Crippen LogP contribution < -0.4 is 0 Å². The van der Waals surface area contributed by atoms with Crippen LogP contribution in [-0.4, -0.2) is 43.8 Å². The SMILES string of the molecule is C=C(C)C(=O)OC(C(CC)OC=O)N(C)C. The largest absolute Gasteiger partial charge is 0.459 e. The molecule has 0 saturated heterocycles. The molecule has 0 aliphatic heterocycles. The van der Waals surface area contributed by atoms with E-state index in [1.165, 1.54) is 0 Å². The molecule has 0 rings (SSSR count). The van der Waals surface area contributed by atoms with Gasteiger partial charge in [0.1, 0.15) is 0 Å². The molecule has 0 aliphatic rings. The first-order chi connectivity index (χ1) is 7.43. The van der Waals surface area contributed by atoms with E-state index < -0.39 is 18.3 Å². The Morgan fingerprint density at radius 1 is 1.50 bits per heavy atom. The summed E-state index contributed by atoms with van der Waals surface area (Å²) in [4.78, 5) is 23.4. The van der Waals surface area contributed by atoms with Crippen LogP contribution in [0.1, 0.15) is 20.3 Å². The average Bonchev–Trinajstić information content (AvgIpc) is 2.22. The van der Waals surface area contributed by atoms with Crippen molar-refractivity contribution >= 4 is 12.4 Å². The Morgan fingerprint density at radius 3 is 2.38 bits per heavy atom. The summed E-state index contributed by atoms with van der Waals surface area (Å²) in [5.41, 5.74) is 0.313. The predicted molar refractivity (Wildman–Crippen MR) is 59.6 cm³/mol. The average molecular weight is 229 g/mol. The number of carbonyl (C=O) groups excluding carboxylic acids is 2. The van der Waals surface area contributed by atoms with E-state index in [0.29, 0.717) is 18.5 Å². The molecule has 0 aromatic carbocycles. The number of esters is 1. The predicted octanol–water partition coefficient (Wildman–Crippen LogP) is 0.945. The molecular formula is C11H19NO4. The van der Waals surface area contributed by atoms with Crippen molar-refractivity contribution in [2.24, 2.45) is 0 Å². The molecule has 92 valence electrons. The monoisotopic (exact) mass is 229 g/mol. The van der Waals surface area contributed by atoms with E-state index >= 15 is 0 Å². The Hall–Kier alpha value is -1.36. The minimum Gasteiger partial charge on any atom is -0.459 e. The molecule has 0 fully saturated rings. The molecule has 0 spiro atoms. The maximum Gasteiger partial charge on any atom is 0.334 e. The number of ether oxygens (including phenoxy) is 2. The molecule has 0 heterocycles. The van der Waals surface area contributed by atoms with E-state index in [0.717, 1.165) is 0 Å². The van der Waals surface area contributed by atoms with E-state index in [-0.39, 0.29) is 0 Å². The van der Waals surface area contributed by atoms with Gasteiger partial charge in [-0.1, -0.05) is 13.5 Å². The first-order valence-electron chi connectivity index (χ1n) is 5.06. The van der Waals surface area contributed by atoms with Crippen molar-refractivity contribution in [2.75, 3.05) is 14.1 Å². The summed E-state index contributed by atoms with van der Waals surface area (Å²) in [7, 11) is 3.49. The van der Waals surface area contributed by atoms with Gasteiger partial charge in [-0.15, -0.1) is 0 Å². The lowest BCUT2D eigenvalue weighted by atomic mass is 10.2. The molecule has 16 heavy (non-hydrogen) atoms. The number of likely N-dealkylation sites (N-methyl/N-ethyl adjacent to an activating group) is 1. The zero-order chi connectivity index (χ0) is 12.7. The number of carbonyl (C=O) groups is 2. The smallest absolute Gasteiger partial charge is 0.334 e. The minimum atomic E-state index is -0.598. The molecule has 5 nitrogen and oxygen atoms in total. The molecule has 2 atom stereocenters. The Labute approximate surface area is 96.0 Å². The molecule has 0 radical (unpaired) electrons. The third kappa shape index (κ3) is 4.44. The van der Waals surface area contributed by atoms with Crippen molar-refractivity contribution in [3.8, 4) is 0 Å². The first kappa shape index (κ1) is 14.6. The highest BCUT2D eigenvalue weighted by Gasteiger charge is 2.27. The van der Waals surface area contributed by atoms with Gasteiger partial charge in [0.2, 0.25) is 0 Å². The molecule has 5 heteroatoms. The van der Waals surface area contributed by atoms with E-state index in [1.54, 1.807) is 25.9 Å². The van der Waals surface area contributed by atoms with Gasteiger partial charge in [-0.25, -0.2) is 4.79 Å². The third-order valence-electron chi connectivity index (χ3n) is 2.04. The topological polar surface area (TPSA) is 55.8 Å². The number of hydrogen-bond acceptors (Lipinski definition) is 5. The zero-order valence-electron chi connectivity index (χ0n) is 10.2. The number of rotatable bonds is 7. The standard InChI is InChI=1S/C11H19NO4/c1-6-9(15-7-13)10(12(4)5)16-11(14)8(2)3/h7,9-10H,2,6H2,1,3-5H3. The lowest BCUT2D eigenvalue weighted by Gasteiger charge is -2.29. The lowest BCUT2D eigenvalue weighted by Crippen LogP contribution is -2.43. The first-order valence-corrected chi connectivity index (χ1v) is 5.06. The van der Waals surface area contributed by atoms with E-state index in [4.69, 9.17) is 9.47 Å².